The van der Waals surface area contributed by atoms with E-state index in [9.17, 15) is 4.79 Å². The summed E-state index contributed by atoms with van der Waals surface area (Å²) in [5, 5.41) is 11.7. The monoisotopic (exact) mass is 142 g/mol. The second kappa shape index (κ2) is 2.49. The van der Waals surface area contributed by atoms with E-state index in [1.807, 2.05) is 0 Å². The van der Waals surface area contributed by atoms with E-state index < -0.39 is 5.97 Å². The lowest BCUT2D eigenvalue weighted by atomic mass is 10.3. The number of carboxylic acids is 1. The molecule has 10 heavy (non-hydrogen) atoms. The van der Waals surface area contributed by atoms with Crippen LogP contribution in [-0.2, 0) is 6.54 Å². The van der Waals surface area contributed by atoms with Crippen LogP contribution in [0.25, 0.3) is 0 Å². The van der Waals surface area contributed by atoms with Crippen molar-refractivity contribution < 1.29 is 14.4 Å². The molecule has 1 aromatic heterocycles. The molecule has 0 fully saturated rings. The van der Waals surface area contributed by atoms with Crippen LogP contribution in [0.3, 0.4) is 0 Å². The molecular formula is C5H6N2O3. The number of hydrogen-bond donors (Lipinski definition) is 2. The molecule has 1 aromatic rings. The molecule has 1 heterocycles. The first-order valence-electron chi connectivity index (χ1n) is 2.62. The zero-order valence-corrected chi connectivity index (χ0v) is 5.07. The summed E-state index contributed by atoms with van der Waals surface area (Å²) in [5.41, 5.74) is 5.58. The number of aromatic carboxylic acids is 1. The first-order chi connectivity index (χ1) is 4.75. The topological polar surface area (TPSA) is 89.4 Å². The highest BCUT2D eigenvalue weighted by molar-refractivity contribution is 5.85. The van der Waals surface area contributed by atoms with Gasteiger partial charge in [0.05, 0.1) is 6.20 Å². The SMILES string of the molecule is NCc1cnoc1C(=O)O. The van der Waals surface area contributed by atoms with Crippen LogP contribution in [0, 0.1) is 0 Å². The summed E-state index contributed by atoms with van der Waals surface area (Å²) in [5.74, 6) is -1.32. The number of aromatic nitrogens is 1. The fourth-order valence-electron chi connectivity index (χ4n) is 0.582. The lowest BCUT2D eigenvalue weighted by Crippen LogP contribution is -2.03. The van der Waals surface area contributed by atoms with Gasteiger partial charge in [0.2, 0.25) is 5.76 Å². The van der Waals surface area contributed by atoms with Crippen LogP contribution in [0.2, 0.25) is 0 Å². The van der Waals surface area contributed by atoms with Gasteiger partial charge in [-0.25, -0.2) is 4.79 Å². The third-order valence-electron chi connectivity index (χ3n) is 1.06. The molecule has 5 nitrogen and oxygen atoms in total. The molecule has 0 aromatic carbocycles. The van der Waals surface area contributed by atoms with Gasteiger partial charge in [-0.15, -0.1) is 0 Å². The Bertz CT molecular complexity index is 243. The fourth-order valence-corrected chi connectivity index (χ4v) is 0.582. The lowest BCUT2D eigenvalue weighted by molar-refractivity contribution is 0.0650. The minimum atomic E-state index is -1.14. The Kier molecular flexibility index (Phi) is 1.68. The van der Waals surface area contributed by atoms with Gasteiger partial charge in [0.25, 0.3) is 0 Å². The van der Waals surface area contributed by atoms with Crippen molar-refractivity contribution in [2.75, 3.05) is 0 Å². The van der Waals surface area contributed by atoms with Crippen molar-refractivity contribution in [2.24, 2.45) is 5.73 Å². The normalized spacial score (nSPS) is 9.70. The number of nitrogens with two attached hydrogens (primary N) is 1. The predicted molar refractivity (Wildman–Crippen MR) is 31.4 cm³/mol. The van der Waals surface area contributed by atoms with Crippen LogP contribution in [0.15, 0.2) is 10.7 Å². The van der Waals surface area contributed by atoms with Crippen molar-refractivity contribution in [3.63, 3.8) is 0 Å². The van der Waals surface area contributed by atoms with Crippen molar-refractivity contribution >= 4 is 5.97 Å². The zero-order valence-electron chi connectivity index (χ0n) is 5.07. The summed E-state index contributed by atoms with van der Waals surface area (Å²) in [6.07, 6.45) is 1.30. The Labute approximate surface area is 56.4 Å². The highest BCUT2D eigenvalue weighted by Crippen LogP contribution is 2.05. The summed E-state index contributed by atoms with van der Waals surface area (Å²) in [7, 11) is 0. The Morgan fingerprint density at radius 3 is 3.00 bits per heavy atom. The average Bonchev–Trinajstić information content (AvgIpc) is 2.33. The van der Waals surface area contributed by atoms with E-state index in [1.54, 1.807) is 0 Å². The van der Waals surface area contributed by atoms with E-state index in [2.05, 4.69) is 9.68 Å². The van der Waals surface area contributed by atoms with Gasteiger partial charge in [-0.1, -0.05) is 5.16 Å². The zero-order chi connectivity index (χ0) is 7.56. The molecule has 0 radical (unpaired) electrons. The third kappa shape index (κ3) is 0.985. The number of carbonyl (C=O) groups is 1. The van der Waals surface area contributed by atoms with Gasteiger partial charge in [0.15, 0.2) is 0 Å². The fraction of sp³-hybridized carbons (Fsp3) is 0.200. The molecule has 0 saturated heterocycles. The Balaban J connectivity index is 3.01. The maximum Gasteiger partial charge on any atom is 0.375 e. The number of carboxylic acid groups (broad SMARTS) is 1. The molecule has 0 atom stereocenters. The summed E-state index contributed by atoms with van der Waals surface area (Å²) >= 11 is 0. The van der Waals surface area contributed by atoms with Crippen LogP contribution >= 0.6 is 0 Å². The largest absolute Gasteiger partial charge is 0.475 e. The molecule has 0 aliphatic rings. The summed E-state index contributed by atoms with van der Waals surface area (Å²) in [6.45, 7) is 0.130. The third-order valence-corrected chi connectivity index (χ3v) is 1.06. The lowest BCUT2D eigenvalue weighted by Gasteiger charge is -1.87. The predicted octanol–water partition coefficient (Wildman–Crippen LogP) is -0.169. The standard InChI is InChI=1S/C5H6N2O3/c6-1-3-2-7-10-4(3)5(8)9/h2H,1,6H2,(H,8,9). The van der Waals surface area contributed by atoms with Gasteiger partial charge < -0.3 is 15.4 Å². The van der Waals surface area contributed by atoms with Gasteiger partial charge in [-0.2, -0.15) is 0 Å². The molecule has 0 spiro atoms. The van der Waals surface area contributed by atoms with Crippen molar-refractivity contribution in [3.8, 4) is 0 Å². The molecule has 0 bridgehead atoms. The van der Waals surface area contributed by atoms with Crippen LogP contribution in [-0.4, -0.2) is 16.2 Å². The van der Waals surface area contributed by atoms with Crippen molar-refractivity contribution in [1.82, 2.24) is 5.16 Å². The maximum absolute atomic E-state index is 10.3. The molecule has 0 saturated carbocycles. The first kappa shape index (κ1) is 6.76. The Hall–Kier alpha value is -1.36. The summed E-state index contributed by atoms with van der Waals surface area (Å²) in [6, 6.07) is 0. The molecule has 54 valence electrons. The van der Waals surface area contributed by atoms with Gasteiger partial charge in [0.1, 0.15) is 0 Å². The molecule has 3 N–H and O–H groups in total. The second-order valence-corrected chi connectivity index (χ2v) is 1.69. The van der Waals surface area contributed by atoms with E-state index in [4.69, 9.17) is 10.8 Å². The van der Waals surface area contributed by atoms with Gasteiger partial charge in [0, 0.05) is 12.1 Å². The average molecular weight is 142 g/mol. The maximum atomic E-state index is 10.3. The molecule has 0 aliphatic carbocycles. The highest BCUT2D eigenvalue weighted by atomic mass is 16.5. The smallest absolute Gasteiger partial charge is 0.375 e. The summed E-state index contributed by atoms with van der Waals surface area (Å²) < 4.78 is 4.39. The molecule has 5 heteroatoms. The van der Waals surface area contributed by atoms with Crippen LogP contribution in [0.1, 0.15) is 16.1 Å². The quantitative estimate of drug-likeness (QED) is 0.598. The Morgan fingerprint density at radius 2 is 2.60 bits per heavy atom. The molecular weight excluding hydrogens is 136 g/mol. The number of rotatable bonds is 2. The number of nitrogens with zero attached hydrogens (tertiary/aromatic N) is 1. The van der Waals surface area contributed by atoms with Gasteiger partial charge >= 0.3 is 5.97 Å². The van der Waals surface area contributed by atoms with E-state index in [0.29, 0.717) is 5.56 Å². The van der Waals surface area contributed by atoms with Crippen LogP contribution < -0.4 is 5.73 Å². The Morgan fingerprint density at radius 1 is 1.90 bits per heavy atom. The van der Waals surface area contributed by atoms with Crippen molar-refractivity contribution in [2.45, 2.75) is 6.54 Å². The first-order valence-corrected chi connectivity index (χ1v) is 2.62. The second-order valence-electron chi connectivity index (χ2n) is 1.69. The van der Waals surface area contributed by atoms with E-state index >= 15 is 0 Å². The van der Waals surface area contributed by atoms with Gasteiger partial charge in [-0.05, 0) is 0 Å². The minimum Gasteiger partial charge on any atom is -0.475 e. The van der Waals surface area contributed by atoms with Gasteiger partial charge in [-0.3, -0.25) is 0 Å². The van der Waals surface area contributed by atoms with E-state index in [1.165, 1.54) is 6.20 Å². The molecule has 1 rings (SSSR count). The van der Waals surface area contributed by atoms with Crippen molar-refractivity contribution in [1.29, 1.82) is 0 Å². The van der Waals surface area contributed by atoms with E-state index in [-0.39, 0.29) is 12.3 Å². The minimum absolute atomic E-state index is 0.130. The molecule has 0 unspecified atom stereocenters. The highest BCUT2D eigenvalue weighted by Gasteiger charge is 2.13. The van der Waals surface area contributed by atoms with Crippen LogP contribution in [0.4, 0.5) is 0 Å². The molecule has 0 amide bonds. The number of hydrogen-bond acceptors (Lipinski definition) is 4. The van der Waals surface area contributed by atoms with Crippen LogP contribution in [0.5, 0.6) is 0 Å². The van der Waals surface area contributed by atoms with E-state index in [0.717, 1.165) is 0 Å². The molecule has 0 aliphatic heterocycles. The van der Waals surface area contributed by atoms with Crippen molar-refractivity contribution in [3.05, 3.63) is 17.5 Å². The summed E-state index contributed by atoms with van der Waals surface area (Å²) in [4.78, 5) is 10.3.